The molecule has 0 aliphatic carbocycles. The molecular weight excluding hydrogens is 213 g/mol. The average molecular weight is 227 g/mol. The molecule has 0 aromatic rings. The van der Waals surface area contributed by atoms with Gasteiger partial charge >= 0.3 is 34.7 Å². The molecule has 0 saturated carbocycles. The molecule has 55 valence electrons. The van der Waals surface area contributed by atoms with E-state index in [4.69, 9.17) is 19.3 Å². The molecule has 0 saturated heterocycles. The van der Waals surface area contributed by atoms with Crippen molar-refractivity contribution in [3.05, 3.63) is 6.92 Å². The van der Waals surface area contributed by atoms with E-state index < -0.39 is 15.4 Å². The van der Waals surface area contributed by atoms with Gasteiger partial charge in [0.1, 0.15) is 0 Å². The fraction of sp³-hybridized carbons (Fsp3) is 0.833. The molecule has 0 unspecified atom stereocenters. The van der Waals surface area contributed by atoms with Crippen LogP contribution in [0.25, 0.3) is 0 Å². The second kappa shape index (κ2) is 16.1. The molecule has 0 aliphatic heterocycles. The van der Waals surface area contributed by atoms with Gasteiger partial charge in [-0.1, -0.05) is 39.5 Å². The summed E-state index contributed by atoms with van der Waals surface area (Å²) in [6.07, 6.45) is 5.07. The van der Waals surface area contributed by atoms with E-state index >= 15 is 0 Å². The van der Waals surface area contributed by atoms with Crippen LogP contribution in [0.15, 0.2) is 0 Å². The van der Waals surface area contributed by atoms with Crippen LogP contribution in [-0.4, -0.2) is 15.4 Å². The first-order valence-corrected chi connectivity index (χ1v) is 11.0. The van der Waals surface area contributed by atoms with Crippen molar-refractivity contribution in [3.8, 4) is 0 Å². The quantitative estimate of drug-likeness (QED) is 0.513. The summed E-state index contributed by atoms with van der Waals surface area (Å²) in [5.74, 6) is 0. The zero-order valence-electron chi connectivity index (χ0n) is 6.00. The van der Waals surface area contributed by atoms with Gasteiger partial charge in [-0.2, -0.15) is 0 Å². The predicted molar refractivity (Wildman–Crippen MR) is 48.4 cm³/mol. The van der Waals surface area contributed by atoms with Crippen molar-refractivity contribution in [1.29, 1.82) is 0 Å². The van der Waals surface area contributed by atoms with Gasteiger partial charge in [0, 0.05) is 0 Å². The average Bonchev–Trinajstić information content (AvgIpc) is 1.86. The fourth-order valence-electron chi connectivity index (χ4n) is 0.427. The standard InChI is InChI=1S/C6H13.2ClH.Ga.H/c1-3-5-6-4-2;;;;/h1,3-6H2,2H3;2*1H;;/q;;;+2;/p-2. The molecule has 3 heteroatoms. The Labute approximate surface area is 74.1 Å². The van der Waals surface area contributed by atoms with E-state index in [1.807, 2.05) is 0 Å². The molecule has 0 amide bonds. The van der Waals surface area contributed by atoms with E-state index in [1.54, 1.807) is 0 Å². The minimum atomic E-state index is -0.931. The third-order valence-electron chi connectivity index (χ3n) is 0.854. The fourth-order valence-corrected chi connectivity index (χ4v) is 0.427. The van der Waals surface area contributed by atoms with Crippen molar-refractivity contribution in [3.63, 3.8) is 0 Å². The van der Waals surface area contributed by atoms with Gasteiger partial charge in [0.15, 0.2) is 0 Å². The van der Waals surface area contributed by atoms with E-state index in [0.717, 1.165) is 6.42 Å². The molecule has 0 spiro atoms. The second-order valence-corrected chi connectivity index (χ2v) is 6.28. The molecule has 0 atom stereocenters. The first-order chi connectivity index (χ1) is 4.33. The number of unbranched alkanes of at least 4 members (excludes halogenated alkanes) is 3. The third kappa shape index (κ3) is 27.0. The van der Waals surface area contributed by atoms with E-state index in [-0.39, 0.29) is 0 Å². The monoisotopic (exact) mass is 225 g/mol. The van der Waals surface area contributed by atoms with Gasteiger partial charge in [0.05, 0.1) is 0 Å². The van der Waals surface area contributed by atoms with Gasteiger partial charge in [-0.3, -0.25) is 0 Å². The van der Waals surface area contributed by atoms with Crippen LogP contribution >= 0.6 is 19.3 Å². The topological polar surface area (TPSA) is 0 Å². The van der Waals surface area contributed by atoms with Crippen LogP contribution in [0.2, 0.25) is 0 Å². The van der Waals surface area contributed by atoms with Crippen LogP contribution in [0.4, 0.5) is 0 Å². The maximum absolute atomic E-state index is 4.95. The molecule has 0 aromatic heterocycles. The van der Waals surface area contributed by atoms with E-state index in [0.29, 0.717) is 0 Å². The van der Waals surface area contributed by atoms with Crippen molar-refractivity contribution < 1.29 is 0 Å². The number of hydrogen-bond donors (Lipinski definition) is 0. The Bertz CT molecular complexity index is 30.2. The van der Waals surface area contributed by atoms with Gasteiger partial charge in [0.25, 0.3) is 0 Å². The summed E-state index contributed by atoms with van der Waals surface area (Å²) in [6, 6.07) is 0. The number of rotatable bonds is 3. The Morgan fingerprint density at radius 1 is 1.33 bits per heavy atom. The normalized spacial score (nSPS) is 7.56. The second-order valence-electron chi connectivity index (χ2n) is 1.66. The van der Waals surface area contributed by atoms with Crippen molar-refractivity contribution in [2.75, 3.05) is 0 Å². The molecule has 0 nitrogen and oxygen atoms in total. The van der Waals surface area contributed by atoms with Gasteiger partial charge in [-0.25, -0.2) is 0 Å². The number of hydrogen-bond acceptors (Lipinski definition) is 0. The van der Waals surface area contributed by atoms with Gasteiger partial charge in [-0.05, 0) is 0 Å². The summed E-state index contributed by atoms with van der Waals surface area (Å²) in [6.45, 7) is 5.93. The third-order valence-corrected chi connectivity index (χ3v) is 0.854. The molecule has 0 bridgehead atoms. The van der Waals surface area contributed by atoms with Gasteiger partial charge < -0.3 is 0 Å². The Kier molecular flexibility index (Phi) is 23.0. The minimum absolute atomic E-state index is 0.931. The maximum atomic E-state index is 4.95. The van der Waals surface area contributed by atoms with E-state index in [9.17, 15) is 0 Å². The van der Waals surface area contributed by atoms with Crippen LogP contribution in [0.5, 0.6) is 0 Å². The Morgan fingerprint density at radius 2 is 1.78 bits per heavy atom. The van der Waals surface area contributed by atoms with Crippen molar-refractivity contribution >= 4 is 34.7 Å². The molecule has 0 fully saturated rings. The van der Waals surface area contributed by atoms with Crippen molar-refractivity contribution in [1.82, 2.24) is 0 Å². The van der Waals surface area contributed by atoms with E-state index in [1.165, 1.54) is 19.3 Å². The Hall–Kier alpha value is 1.22. The summed E-state index contributed by atoms with van der Waals surface area (Å²) in [5, 5.41) is 0. The van der Waals surface area contributed by atoms with E-state index in [2.05, 4.69) is 13.8 Å². The molecule has 0 aliphatic rings. The molecule has 0 heterocycles. The van der Waals surface area contributed by atoms with Gasteiger partial charge in [-0.15, -0.1) is 0 Å². The zero-order chi connectivity index (χ0) is 7.54. The summed E-state index contributed by atoms with van der Waals surface area (Å²) in [7, 11) is 9.90. The summed E-state index contributed by atoms with van der Waals surface area (Å²) < 4.78 is 0. The molecule has 1 radical (unpaired) electrons. The SMILES string of the molecule is [CH2]CCCCC.[Cl][GaH][Cl]. The molecular formula is C6H14Cl2Ga. The molecule has 0 rings (SSSR count). The van der Waals surface area contributed by atoms with Crippen molar-refractivity contribution in [2.24, 2.45) is 0 Å². The van der Waals surface area contributed by atoms with Crippen LogP contribution in [-0.2, 0) is 0 Å². The first kappa shape index (κ1) is 12.9. The predicted octanol–water partition coefficient (Wildman–Crippen LogP) is 3.13. The zero-order valence-corrected chi connectivity index (χ0v) is 10.5. The van der Waals surface area contributed by atoms with Crippen LogP contribution < -0.4 is 0 Å². The number of halogens is 2. The van der Waals surface area contributed by atoms with Crippen LogP contribution in [0, 0.1) is 6.92 Å². The van der Waals surface area contributed by atoms with Gasteiger partial charge in [0.2, 0.25) is 0 Å². The van der Waals surface area contributed by atoms with Crippen molar-refractivity contribution in [2.45, 2.75) is 32.6 Å². The molecule has 9 heavy (non-hydrogen) atoms. The summed E-state index contributed by atoms with van der Waals surface area (Å²) in [5.41, 5.74) is 0. The first-order valence-electron chi connectivity index (χ1n) is 3.24. The van der Waals surface area contributed by atoms with Crippen LogP contribution in [0.1, 0.15) is 32.6 Å². The van der Waals surface area contributed by atoms with Crippen LogP contribution in [0.3, 0.4) is 0 Å². The molecule has 0 aromatic carbocycles. The summed E-state index contributed by atoms with van der Waals surface area (Å²) in [4.78, 5) is 0. The Morgan fingerprint density at radius 3 is 1.89 bits per heavy atom. The summed E-state index contributed by atoms with van der Waals surface area (Å²) >= 11 is -0.931. The molecule has 0 N–H and O–H groups in total. The Balaban J connectivity index is 0.